The van der Waals surface area contributed by atoms with Gasteiger partial charge in [-0.05, 0) is 53.8 Å². The highest BCUT2D eigenvalue weighted by atomic mass is 14.7. The second-order valence-corrected chi connectivity index (χ2v) is 7.39. The molecule has 4 atom stereocenters. The molecule has 0 N–H and O–H groups in total. The lowest BCUT2D eigenvalue weighted by atomic mass is 9.58. The zero-order valence-corrected chi connectivity index (χ0v) is 10.9. The molecule has 15 heavy (non-hydrogen) atoms. The number of rotatable bonds is 0. The molecule has 3 fully saturated rings. The molecule has 0 heteroatoms. The summed E-state index contributed by atoms with van der Waals surface area (Å²) in [5.41, 5.74) is 2.00. The monoisotopic (exact) mass is 206 g/mol. The van der Waals surface area contributed by atoms with Gasteiger partial charge >= 0.3 is 0 Å². The smallest absolute Gasteiger partial charge is 0.0233 e. The molecule has 0 spiro atoms. The Hall–Kier alpha value is 0. The van der Waals surface area contributed by atoms with Crippen LogP contribution < -0.4 is 0 Å². The van der Waals surface area contributed by atoms with Gasteiger partial charge in [0.2, 0.25) is 0 Å². The van der Waals surface area contributed by atoms with Crippen molar-refractivity contribution in [1.29, 1.82) is 0 Å². The first-order valence-corrected chi connectivity index (χ1v) is 6.95. The Morgan fingerprint density at radius 2 is 1.67 bits per heavy atom. The predicted molar refractivity (Wildman–Crippen MR) is 64.7 cm³/mol. The first-order valence-electron chi connectivity index (χ1n) is 6.95. The second-order valence-electron chi connectivity index (χ2n) is 7.39. The summed E-state index contributed by atoms with van der Waals surface area (Å²) in [6, 6.07) is 0. The minimum absolute atomic E-state index is 0.584. The summed E-state index contributed by atoms with van der Waals surface area (Å²) >= 11 is 0. The third-order valence-electron chi connectivity index (χ3n) is 7.37. The molecule has 3 aliphatic rings. The van der Waals surface area contributed by atoms with Crippen LogP contribution in [-0.2, 0) is 0 Å². The molecule has 0 heterocycles. The molecule has 0 aliphatic heterocycles. The molecule has 0 aromatic heterocycles. The molecule has 2 bridgehead atoms. The summed E-state index contributed by atoms with van der Waals surface area (Å²) in [4.78, 5) is 0. The van der Waals surface area contributed by atoms with Crippen molar-refractivity contribution in [2.45, 2.75) is 66.2 Å². The Balaban J connectivity index is 2.12. The van der Waals surface area contributed by atoms with Crippen molar-refractivity contribution >= 4 is 0 Å². The predicted octanol–water partition coefficient (Wildman–Crippen LogP) is 4.64. The number of hydrogen-bond donors (Lipinski definition) is 0. The fourth-order valence-corrected chi connectivity index (χ4v) is 5.90. The Bertz CT molecular complexity index is 286. The minimum Gasteiger partial charge on any atom is -0.0614 e. The van der Waals surface area contributed by atoms with Crippen LogP contribution in [0, 0.1) is 28.1 Å². The molecule has 0 amide bonds. The van der Waals surface area contributed by atoms with E-state index >= 15 is 0 Å². The maximum atomic E-state index is 2.61. The summed E-state index contributed by atoms with van der Waals surface area (Å²) in [5.74, 6) is 2.01. The van der Waals surface area contributed by atoms with Gasteiger partial charge in [0.15, 0.2) is 0 Å². The van der Waals surface area contributed by atoms with Crippen LogP contribution in [0.4, 0.5) is 0 Å². The summed E-state index contributed by atoms with van der Waals surface area (Å²) in [6.07, 6.45) is 9.13. The van der Waals surface area contributed by atoms with Gasteiger partial charge in [0.1, 0.15) is 0 Å². The van der Waals surface area contributed by atoms with E-state index in [0.717, 1.165) is 17.3 Å². The molecule has 3 aliphatic carbocycles. The average molecular weight is 206 g/mol. The van der Waals surface area contributed by atoms with Crippen molar-refractivity contribution in [3.63, 3.8) is 0 Å². The van der Waals surface area contributed by atoms with E-state index in [1.807, 2.05) is 0 Å². The first-order chi connectivity index (χ1) is 6.95. The summed E-state index contributed by atoms with van der Waals surface area (Å²) < 4.78 is 0. The van der Waals surface area contributed by atoms with Crippen LogP contribution >= 0.6 is 0 Å². The Labute approximate surface area is 94.8 Å². The van der Waals surface area contributed by atoms with Gasteiger partial charge < -0.3 is 0 Å². The zero-order valence-electron chi connectivity index (χ0n) is 10.9. The van der Waals surface area contributed by atoms with Gasteiger partial charge in [-0.15, -0.1) is 0 Å². The normalized spacial score (nSPS) is 56.8. The largest absolute Gasteiger partial charge is 0.0614 e. The lowest BCUT2D eigenvalue weighted by Crippen LogP contribution is -2.38. The highest BCUT2D eigenvalue weighted by Gasteiger charge is 2.71. The minimum atomic E-state index is 0.584. The van der Waals surface area contributed by atoms with Crippen LogP contribution in [0.3, 0.4) is 0 Å². The maximum absolute atomic E-state index is 2.61. The van der Waals surface area contributed by atoms with Gasteiger partial charge in [-0.2, -0.15) is 0 Å². The van der Waals surface area contributed by atoms with E-state index in [2.05, 4.69) is 27.7 Å². The third kappa shape index (κ3) is 0.875. The van der Waals surface area contributed by atoms with E-state index in [1.54, 1.807) is 6.42 Å². The lowest BCUT2D eigenvalue weighted by molar-refractivity contribution is 0.0281. The quantitative estimate of drug-likeness (QED) is 0.541. The number of hydrogen-bond acceptors (Lipinski definition) is 0. The lowest BCUT2D eigenvalue weighted by Gasteiger charge is -2.46. The van der Waals surface area contributed by atoms with Crippen molar-refractivity contribution in [3.05, 3.63) is 0 Å². The molecule has 0 nitrogen and oxygen atoms in total. The molecule has 4 unspecified atom stereocenters. The van der Waals surface area contributed by atoms with Crippen molar-refractivity contribution in [3.8, 4) is 0 Å². The molecular formula is C15H26. The summed E-state index contributed by atoms with van der Waals surface area (Å²) in [6.45, 7) is 10.3. The van der Waals surface area contributed by atoms with Crippen LogP contribution in [0.1, 0.15) is 66.2 Å². The Morgan fingerprint density at radius 1 is 0.933 bits per heavy atom. The molecule has 0 saturated heterocycles. The SMILES string of the molecule is CC1C23CCCCC2C(C)(CC3)C1(C)C. The molecular weight excluding hydrogens is 180 g/mol. The topological polar surface area (TPSA) is 0 Å². The molecule has 3 rings (SSSR count). The van der Waals surface area contributed by atoms with Crippen LogP contribution in [0.25, 0.3) is 0 Å². The van der Waals surface area contributed by atoms with Crippen molar-refractivity contribution in [1.82, 2.24) is 0 Å². The van der Waals surface area contributed by atoms with E-state index in [9.17, 15) is 0 Å². The molecule has 0 aromatic carbocycles. The van der Waals surface area contributed by atoms with E-state index in [1.165, 1.54) is 32.1 Å². The van der Waals surface area contributed by atoms with Crippen LogP contribution in [0.2, 0.25) is 0 Å². The van der Waals surface area contributed by atoms with Gasteiger partial charge in [0, 0.05) is 0 Å². The second kappa shape index (κ2) is 2.63. The third-order valence-corrected chi connectivity index (χ3v) is 7.37. The average Bonchev–Trinajstić information content (AvgIpc) is 2.59. The van der Waals surface area contributed by atoms with Crippen LogP contribution in [0.15, 0.2) is 0 Å². The standard InChI is InChI=1S/C15H26/c1-11-13(2,3)14(4)9-10-15(11)8-6-5-7-12(14)15/h11-12H,5-10H2,1-4H3. The summed E-state index contributed by atoms with van der Waals surface area (Å²) in [5, 5.41) is 0. The highest BCUT2D eigenvalue weighted by molar-refractivity contribution is 5.19. The molecule has 3 saturated carbocycles. The summed E-state index contributed by atoms with van der Waals surface area (Å²) in [7, 11) is 0. The Morgan fingerprint density at radius 3 is 2.33 bits per heavy atom. The van der Waals surface area contributed by atoms with Gasteiger partial charge in [-0.25, -0.2) is 0 Å². The van der Waals surface area contributed by atoms with Crippen LogP contribution in [0.5, 0.6) is 0 Å². The fraction of sp³-hybridized carbons (Fsp3) is 1.00. The zero-order chi connectivity index (χ0) is 10.9. The van der Waals surface area contributed by atoms with Gasteiger partial charge in [-0.3, -0.25) is 0 Å². The van der Waals surface area contributed by atoms with E-state index in [-0.39, 0.29) is 0 Å². The van der Waals surface area contributed by atoms with Crippen molar-refractivity contribution in [2.24, 2.45) is 28.1 Å². The first kappa shape index (κ1) is 10.2. The van der Waals surface area contributed by atoms with E-state index in [0.29, 0.717) is 10.8 Å². The van der Waals surface area contributed by atoms with Gasteiger partial charge in [0.05, 0.1) is 0 Å². The highest BCUT2D eigenvalue weighted by Crippen LogP contribution is 2.78. The van der Waals surface area contributed by atoms with Crippen molar-refractivity contribution < 1.29 is 0 Å². The molecule has 86 valence electrons. The van der Waals surface area contributed by atoms with E-state index in [4.69, 9.17) is 0 Å². The van der Waals surface area contributed by atoms with E-state index < -0.39 is 0 Å². The van der Waals surface area contributed by atoms with Gasteiger partial charge in [-0.1, -0.05) is 40.5 Å². The fourth-order valence-electron chi connectivity index (χ4n) is 5.90. The molecule has 0 radical (unpaired) electrons. The van der Waals surface area contributed by atoms with Crippen molar-refractivity contribution in [2.75, 3.05) is 0 Å². The molecule has 0 aromatic rings. The maximum Gasteiger partial charge on any atom is -0.0233 e. The van der Waals surface area contributed by atoms with Crippen LogP contribution in [-0.4, -0.2) is 0 Å². The van der Waals surface area contributed by atoms with Gasteiger partial charge in [0.25, 0.3) is 0 Å². The Kier molecular flexibility index (Phi) is 1.78.